The molecule has 3 heterocycles. The van der Waals surface area contributed by atoms with Crippen molar-refractivity contribution in [2.45, 2.75) is 30.0 Å². The molecule has 0 saturated carbocycles. The highest BCUT2D eigenvalue weighted by molar-refractivity contribution is 8.03. The fourth-order valence-corrected chi connectivity index (χ4v) is 6.45. The van der Waals surface area contributed by atoms with Crippen LogP contribution in [0.15, 0.2) is 89.2 Å². The quantitative estimate of drug-likeness (QED) is 0.234. The number of carbonyl (C=O) groups excluding carboxylic acids is 4. The Morgan fingerprint density at radius 2 is 1.64 bits per heavy atom. The van der Waals surface area contributed by atoms with Gasteiger partial charge in [-0.1, -0.05) is 66.7 Å². The monoisotopic (exact) mass is 563 g/mol. The third-order valence-electron chi connectivity index (χ3n) is 6.34. The lowest BCUT2D eigenvalue weighted by Gasteiger charge is -2.51. The maximum absolute atomic E-state index is 13.8. The van der Waals surface area contributed by atoms with E-state index in [0.717, 1.165) is 16.0 Å². The average molecular weight is 564 g/mol. The first-order valence-electron chi connectivity index (χ1n) is 12.1. The van der Waals surface area contributed by atoms with Crippen LogP contribution in [0.1, 0.15) is 22.1 Å². The second-order valence-corrected chi connectivity index (χ2v) is 10.8. The third kappa shape index (κ3) is 5.60. The van der Waals surface area contributed by atoms with Crippen molar-refractivity contribution < 1.29 is 28.8 Å². The number of hydroxylamine groups is 1. The summed E-state index contributed by atoms with van der Waals surface area (Å²) in [6, 6.07) is 20.0. The molecule has 2 N–H and O–H groups in total. The zero-order chi connectivity index (χ0) is 27.4. The Labute approximate surface area is 233 Å². The number of esters is 1. The molecule has 3 amide bonds. The van der Waals surface area contributed by atoms with Crippen molar-refractivity contribution in [3.05, 3.63) is 105 Å². The third-order valence-corrected chi connectivity index (χ3v) is 8.38. The van der Waals surface area contributed by atoms with E-state index >= 15 is 0 Å². The highest BCUT2D eigenvalue weighted by atomic mass is 32.2. The molecule has 39 heavy (non-hydrogen) atoms. The van der Waals surface area contributed by atoms with E-state index < -0.39 is 41.3 Å². The summed E-state index contributed by atoms with van der Waals surface area (Å²) in [6.45, 7) is 0. The molecule has 200 valence electrons. The molecular weight excluding hydrogens is 538 g/mol. The molecule has 1 saturated heterocycles. The first kappa shape index (κ1) is 26.7. The van der Waals surface area contributed by atoms with Gasteiger partial charge in [-0.25, -0.2) is 10.3 Å². The Bertz CT molecular complexity index is 1340. The van der Waals surface area contributed by atoms with E-state index in [-0.39, 0.29) is 17.9 Å². The summed E-state index contributed by atoms with van der Waals surface area (Å²) in [7, 11) is 1.28. The summed E-state index contributed by atoms with van der Waals surface area (Å²) in [5.74, 6) is -2.21. The van der Waals surface area contributed by atoms with Gasteiger partial charge in [-0.05, 0) is 28.0 Å². The number of nitrogens with zero attached hydrogens (tertiary/aromatic N) is 1. The summed E-state index contributed by atoms with van der Waals surface area (Å²) in [5.41, 5.74) is 3.71. The number of β-lactam (4-membered cyclic amide) rings is 1. The second-order valence-electron chi connectivity index (χ2n) is 8.82. The first-order chi connectivity index (χ1) is 19.0. The number of rotatable bonds is 9. The van der Waals surface area contributed by atoms with Crippen LogP contribution in [0.5, 0.6) is 0 Å². The van der Waals surface area contributed by atoms with Gasteiger partial charge in [-0.2, -0.15) is 0 Å². The van der Waals surface area contributed by atoms with Gasteiger partial charge in [0.15, 0.2) is 12.1 Å². The summed E-state index contributed by atoms with van der Waals surface area (Å²) >= 11 is 2.63. The second kappa shape index (κ2) is 11.9. The molecule has 2 unspecified atom stereocenters. The number of ether oxygens (including phenoxy) is 1. The predicted octanol–water partition coefficient (Wildman–Crippen LogP) is 2.95. The van der Waals surface area contributed by atoms with Crippen LogP contribution >= 0.6 is 23.1 Å². The smallest absolute Gasteiger partial charge is 0.334 e. The van der Waals surface area contributed by atoms with Gasteiger partial charge < -0.3 is 15.0 Å². The molecule has 2 aromatic carbocycles. The van der Waals surface area contributed by atoms with E-state index in [9.17, 15) is 19.2 Å². The van der Waals surface area contributed by atoms with Crippen molar-refractivity contribution in [3.8, 4) is 0 Å². The van der Waals surface area contributed by atoms with Gasteiger partial charge in [0.25, 0.3) is 5.91 Å². The number of amides is 3. The molecule has 2 aliphatic heterocycles. The summed E-state index contributed by atoms with van der Waals surface area (Å²) in [4.78, 5) is 59.4. The van der Waals surface area contributed by atoms with Crippen LogP contribution in [0.4, 0.5) is 0 Å². The molecule has 0 bridgehead atoms. The van der Waals surface area contributed by atoms with Gasteiger partial charge >= 0.3 is 5.97 Å². The number of benzene rings is 2. The number of thiophene rings is 1. The lowest BCUT2D eigenvalue weighted by Crippen LogP contribution is -2.74. The molecule has 1 fully saturated rings. The van der Waals surface area contributed by atoms with Crippen LogP contribution in [0.2, 0.25) is 0 Å². The van der Waals surface area contributed by atoms with E-state index in [1.165, 1.54) is 40.5 Å². The molecule has 2 aliphatic rings. The first-order valence-corrected chi connectivity index (χ1v) is 13.9. The average Bonchev–Trinajstić information content (AvgIpc) is 3.47. The number of hydrogen-bond acceptors (Lipinski definition) is 8. The normalized spacial score (nSPS) is 19.9. The fourth-order valence-electron chi connectivity index (χ4n) is 4.53. The van der Waals surface area contributed by atoms with Crippen molar-refractivity contribution in [2.24, 2.45) is 0 Å². The zero-order valence-electron chi connectivity index (χ0n) is 20.8. The molecule has 3 aromatic rings. The van der Waals surface area contributed by atoms with Crippen molar-refractivity contribution >= 4 is 46.8 Å². The van der Waals surface area contributed by atoms with Gasteiger partial charge in [0, 0.05) is 4.88 Å². The van der Waals surface area contributed by atoms with Crippen LogP contribution in [-0.2, 0) is 35.2 Å². The van der Waals surface area contributed by atoms with Crippen LogP contribution in [0, 0.1) is 0 Å². The minimum absolute atomic E-state index is 0.0136. The number of thioether (sulfide) groups is 1. The van der Waals surface area contributed by atoms with Crippen molar-refractivity contribution in [3.63, 3.8) is 0 Å². The zero-order valence-corrected chi connectivity index (χ0v) is 22.4. The Balaban J connectivity index is 1.40. The van der Waals surface area contributed by atoms with Crippen molar-refractivity contribution in [1.82, 2.24) is 15.7 Å². The van der Waals surface area contributed by atoms with Gasteiger partial charge in [0.2, 0.25) is 11.8 Å². The standard InChI is InChI=1S/C28H25N3O6S2/c1-36-30-25(33)20-16-39-27-22(29-21(32)15-19-13-8-14-38-19)26(34)31(27)23(20)28(35)37-24(17-9-4-2-5-10-17)18-11-6-3-7-12-18/h2-14,16,22-24,27H,15H2,1H3,(H,29,32)(H,30,33)/t22?,23?,27-/m1/s1. The van der Waals surface area contributed by atoms with E-state index in [1.807, 2.05) is 78.2 Å². The Kier molecular flexibility index (Phi) is 8.10. The maximum Gasteiger partial charge on any atom is 0.334 e. The van der Waals surface area contributed by atoms with E-state index in [1.54, 1.807) is 0 Å². The number of hydrogen-bond donors (Lipinski definition) is 2. The van der Waals surface area contributed by atoms with E-state index in [4.69, 9.17) is 9.57 Å². The maximum atomic E-state index is 13.8. The summed E-state index contributed by atoms with van der Waals surface area (Å²) in [6.07, 6.45) is -0.616. The Morgan fingerprint density at radius 3 is 2.23 bits per heavy atom. The number of fused-ring (bicyclic) bond motifs is 1. The van der Waals surface area contributed by atoms with Gasteiger partial charge in [0.1, 0.15) is 11.4 Å². The molecule has 5 rings (SSSR count). The van der Waals surface area contributed by atoms with Crippen molar-refractivity contribution in [2.75, 3.05) is 7.11 Å². The van der Waals surface area contributed by atoms with Gasteiger partial charge in [-0.15, -0.1) is 23.1 Å². The summed E-state index contributed by atoms with van der Waals surface area (Å²) < 4.78 is 6.02. The number of carbonyl (C=O) groups is 4. The molecule has 0 radical (unpaired) electrons. The molecular formula is C28H25N3O6S2. The van der Waals surface area contributed by atoms with Gasteiger partial charge in [0.05, 0.1) is 19.1 Å². The van der Waals surface area contributed by atoms with E-state index in [2.05, 4.69) is 10.8 Å². The fraction of sp³-hybridized carbons (Fsp3) is 0.214. The molecule has 11 heteroatoms. The minimum atomic E-state index is -1.32. The highest BCUT2D eigenvalue weighted by Gasteiger charge is 2.57. The Morgan fingerprint density at radius 1 is 0.974 bits per heavy atom. The van der Waals surface area contributed by atoms with Crippen LogP contribution < -0.4 is 10.8 Å². The highest BCUT2D eigenvalue weighted by Crippen LogP contribution is 2.41. The van der Waals surface area contributed by atoms with Crippen LogP contribution in [-0.4, -0.2) is 53.2 Å². The molecule has 9 nitrogen and oxygen atoms in total. The minimum Gasteiger partial charge on any atom is -0.451 e. The van der Waals surface area contributed by atoms with Crippen LogP contribution in [0.25, 0.3) is 0 Å². The topological polar surface area (TPSA) is 114 Å². The number of nitrogens with one attached hydrogen (secondary N) is 2. The van der Waals surface area contributed by atoms with Crippen LogP contribution in [0.3, 0.4) is 0 Å². The van der Waals surface area contributed by atoms with Gasteiger partial charge in [-0.3, -0.25) is 19.2 Å². The molecule has 0 spiro atoms. The largest absolute Gasteiger partial charge is 0.451 e. The summed E-state index contributed by atoms with van der Waals surface area (Å²) in [5, 5.41) is 5.60. The lowest BCUT2D eigenvalue weighted by atomic mass is 9.96. The van der Waals surface area contributed by atoms with Crippen molar-refractivity contribution in [1.29, 1.82) is 0 Å². The SMILES string of the molecule is CONC(=O)C1=CS[C@@H]2C(NC(=O)Cc3cccs3)C(=O)N2C1C(=O)OC(c1ccccc1)c1ccccc1. The molecule has 0 aliphatic carbocycles. The molecule has 1 aromatic heterocycles. The molecule has 3 atom stereocenters. The predicted molar refractivity (Wildman–Crippen MR) is 146 cm³/mol. The van der Waals surface area contributed by atoms with E-state index in [0.29, 0.717) is 0 Å². The lowest BCUT2D eigenvalue weighted by molar-refractivity contribution is -0.166. The Hall–Kier alpha value is -3.93.